The van der Waals surface area contributed by atoms with Crippen molar-refractivity contribution in [3.05, 3.63) is 0 Å². The third-order valence-electron chi connectivity index (χ3n) is 1.87. The van der Waals surface area contributed by atoms with Gasteiger partial charge in [-0.25, -0.2) is 0 Å². The van der Waals surface area contributed by atoms with E-state index in [9.17, 15) is 0 Å². The second kappa shape index (κ2) is 4.98. The molecule has 0 aromatic carbocycles. The van der Waals surface area contributed by atoms with Crippen LogP contribution in [0.1, 0.15) is 0 Å². The Kier molecular flexibility index (Phi) is 4.89. The van der Waals surface area contributed by atoms with Gasteiger partial charge in [-0.2, -0.15) is 50.5 Å². The molecule has 5 atom stereocenters. The quantitative estimate of drug-likeness (QED) is 0.449. The lowest BCUT2D eigenvalue weighted by Gasteiger charge is -2.39. The molecule has 1 rings (SSSR count). The Morgan fingerprint density at radius 3 is 2.00 bits per heavy atom. The topological polar surface area (TPSA) is 9.23 Å². The first kappa shape index (κ1) is 11.8. The SMILES string of the molecule is SC[C@H]1O[C@H](S)C(S)C(S)[C@@H]1S. The van der Waals surface area contributed by atoms with Crippen LogP contribution in [0.15, 0.2) is 0 Å². The first-order valence-corrected chi connectivity index (χ1v) is 6.26. The van der Waals surface area contributed by atoms with Gasteiger partial charge in [0.2, 0.25) is 0 Å². The fourth-order valence-corrected chi connectivity index (χ4v) is 3.14. The van der Waals surface area contributed by atoms with Gasteiger partial charge >= 0.3 is 0 Å². The third-order valence-corrected chi connectivity index (χ3v) is 5.26. The van der Waals surface area contributed by atoms with Crippen LogP contribution >= 0.6 is 63.1 Å². The zero-order valence-electron chi connectivity index (χ0n) is 6.24. The number of hydrogen-bond acceptors (Lipinski definition) is 6. The van der Waals surface area contributed by atoms with Gasteiger partial charge in [0.1, 0.15) is 5.44 Å². The first-order chi connectivity index (χ1) is 5.57. The largest absolute Gasteiger partial charge is 0.361 e. The van der Waals surface area contributed by atoms with Crippen molar-refractivity contribution in [3.8, 4) is 0 Å². The Bertz CT molecular complexity index is 150. The second-order valence-corrected chi connectivity index (χ2v) is 5.38. The lowest BCUT2D eigenvalue weighted by atomic mass is 10.1. The van der Waals surface area contributed by atoms with Gasteiger partial charge in [-0.05, 0) is 0 Å². The van der Waals surface area contributed by atoms with Crippen LogP contribution in [0.2, 0.25) is 0 Å². The average molecular weight is 260 g/mol. The molecule has 0 amide bonds. The van der Waals surface area contributed by atoms with Crippen LogP contribution < -0.4 is 0 Å². The zero-order valence-corrected chi connectivity index (χ0v) is 10.7. The molecule has 1 aliphatic heterocycles. The van der Waals surface area contributed by atoms with E-state index in [1.165, 1.54) is 0 Å². The number of rotatable bonds is 1. The smallest absolute Gasteiger partial charge is 0.113 e. The summed E-state index contributed by atoms with van der Waals surface area (Å²) < 4.78 is 5.52. The molecule has 6 heteroatoms. The third kappa shape index (κ3) is 2.39. The van der Waals surface area contributed by atoms with E-state index in [4.69, 9.17) is 4.74 Å². The van der Waals surface area contributed by atoms with Gasteiger partial charge in [0.15, 0.2) is 0 Å². The van der Waals surface area contributed by atoms with Gasteiger partial charge in [-0.1, -0.05) is 0 Å². The lowest BCUT2D eigenvalue weighted by molar-refractivity contribution is 0.0248. The normalized spacial score (nSPS) is 49.2. The molecule has 0 aromatic rings. The highest BCUT2D eigenvalue weighted by Gasteiger charge is 2.38. The maximum Gasteiger partial charge on any atom is 0.113 e. The van der Waals surface area contributed by atoms with E-state index in [2.05, 4.69) is 63.1 Å². The molecule has 1 fully saturated rings. The minimum atomic E-state index is -0.170. The van der Waals surface area contributed by atoms with Gasteiger partial charge in [0, 0.05) is 21.5 Å². The molecule has 0 aromatic heterocycles. The Balaban J connectivity index is 2.63. The van der Waals surface area contributed by atoms with E-state index in [1.807, 2.05) is 0 Å². The fraction of sp³-hybridized carbons (Fsp3) is 1.00. The number of thiol groups is 5. The van der Waals surface area contributed by atoms with Crippen molar-refractivity contribution in [2.75, 3.05) is 5.75 Å². The van der Waals surface area contributed by atoms with Crippen LogP contribution in [0.5, 0.6) is 0 Å². The minimum Gasteiger partial charge on any atom is -0.361 e. The average Bonchev–Trinajstić information content (AvgIpc) is 2.08. The van der Waals surface area contributed by atoms with E-state index >= 15 is 0 Å². The molecule has 0 spiro atoms. The van der Waals surface area contributed by atoms with Crippen molar-refractivity contribution in [1.82, 2.24) is 0 Å². The van der Waals surface area contributed by atoms with Crippen LogP contribution in [-0.4, -0.2) is 33.0 Å². The van der Waals surface area contributed by atoms with Crippen molar-refractivity contribution in [2.45, 2.75) is 27.3 Å². The van der Waals surface area contributed by atoms with E-state index in [-0.39, 0.29) is 27.3 Å². The molecule has 0 bridgehead atoms. The molecule has 0 aliphatic carbocycles. The summed E-state index contributed by atoms with van der Waals surface area (Å²) >= 11 is 21.6. The molecular weight excluding hydrogens is 248 g/mol. The van der Waals surface area contributed by atoms with Gasteiger partial charge in [0.25, 0.3) is 0 Å². The van der Waals surface area contributed by atoms with Crippen molar-refractivity contribution in [3.63, 3.8) is 0 Å². The summed E-state index contributed by atoms with van der Waals surface area (Å²) in [5.41, 5.74) is -0.170. The van der Waals surface area contributed by atoms with Crippen molar-refractivity contribution in [2.24, 2.45) is 0 Å². The summed E-state index contributed by atoms with van der Waals surface area (Å²) in [5, 5.41) is 0.206. The molecule has 2 unspecified atom stereocenters. The fourth-order valence-electron chi connectivity index (χ4n) is 1.08. The second-order valence-electron chi connectivity index (χ2n) is 2.72. The first-order valence-electron chi connectivity index (χ1n) is 3.56. The van der Waals surface area contributed by atoms with Crippen molar-refractivity contribution < 1.29 is 4.74 Å². The molecule has 12 heavy (non-hydrogen) atoms. The van der Waals surface area contributed by atoms with Crippen LogP contribution in [0.3, 0.4) is 0 Å². The standard InChI is InChI=1S/C6H12OS5/c8-1-2-3(9)4(10)5(11)6(12)7-2/h2-6,8-12H,1H2/t2-,3-,4?,5?,6-/m1/s1. The summed E-state index contributed by atoms with van der Waals surface area (Å²) in [6, 6.07) is 0. The van der Waals surface area contributed by atoms with Crippen LogP contribution in [-0.2, 0) is 4.74 Å². The van der Waals surface area contributed by atoms with Gasteiger partial charge in [0.05, 0.1) is 6.10 Å². The van der Waals surface area contributed by atoms with Gasteiger partial charge in [-0.15, -0.1) is 12.6 Å². The molecule has 0 N–H and O–H groups in total. The molecule has 1 nitrogen and oxygen atoms in total. The maximum atomic E-state index is 5.52. The van der Waals surface area contributed by atoms with Crippen molar-refractivity contribution in [1.29, 1.82) is 0 Å². The lowest BCUT2D eigenvalue weighted by Crippen LogP contribution is -2.49. The maximum absolute atomic E-state index is 5.52. The highest BCUT2D eigenvalue weighted by atomic mass is 32.1. The monoisotopic (exact) mass is 260 g/mol. The van der Waals surface area contributed by atoms with Gasteiger partial charge < -0.3 is 4.74 Å². The Labute approximate surface area is 100 Å². The molecule has 1 heterocycles. The number of hydrogen-bond donors (Lipinski definition) is 5. The predicted molar refractivity (Wildman–Crippen MR) is 69.8 cm³/mol. The molecule has 1 aliphatic rings. The summed E-state index contributed by atoms with van der Waals surface area (Å²) in [4.78, 5) is 0. The molecular formula is C6H12OS5. The molecule has 0 saturated carbocycles. The van der Waals surface area contributed by atoms with E-state index < -0.39 is 0 Å². The van der Waals surface area contributed by atoms with Crippen LogP contribution in [0.4, 0.5) is 0 Å². The van der Waals surface area contributed by atoms with Crippen LogP contribution in [0.25, 0.3) is 0 Å². The van der Waals surface area contributed by atoms with Gasteiger partial charge in [-0.3, -0.25) is 0 Å². The van der Waals surface area contributed by atoms with E-state index in [0.29, 0.717) is 5.75 Å². The van der Waals surface area contributed by atoms with E-state index in [0.717, 1.165) is 0 Å². The Hall–Kier alpha value is 1.71. The molecule has 0 radical (unpaired) electrons. The highest BCUT2D eigenvalue weighted by molar-refractivity contribution is 7.88. The molecule has 72 valence electrons. The highest BCUT2D eigenvalue weighted by Crippen LogP contribution is 2.33. The zero-order chi connectivity index (χ0) is 9.30. The minimum absolute atomic E-state index is 0.0186. The Morgan fingerprint density at radius 2 is 1.50 bits per heavy atom. The number of ether oxygens (including phenoxy) is 1. The molecule has 1 saturated heterocycles. The van der Waals surface area contributed by atoms with Crippen molar-refractivity contribution >= 4 is 63.1 Å². The predicted octanol–water partition coefficient (Wildman–Crippen LogP) is 1.47. The summed E-state index contributed by atoms with van der Waals surface area (Å²) in [6.07, 6.45) is 0.0186. The summed E-state index contributed by atoms with van der Waals surface area (Å²) in [6.45, 7) is 0. The summed E-state index contributed by atoms with van der Waals surface area (Å²) in [5.74, 6) is 0.642. The van der Waals surface area contributed by atoms with Crippen LogP contribution in [0, 0.1) is 0 Å². The Morgan fingerprint density at radius 1 is 0.917 bits per heavy atom. The van der Waals surface area contributed by atoms with E-state index in [1.54, 1.807) is 0 Å². The summed E-state index contributed by atoms with van der Waals surface area (Å²) in [7, 11) is 0.